The Labute approximate surface area is 83.3 Å². The van der Waals surface area contributed by atoms with Gasteiger partial charge in [-0.15, -0.1) is 5.10 Å². The van der Waals surface area contributed by atoms with Crippen LogP contribution in [0.2, 0.25) is 5.02 Å². The molecule has 0 aliphatic rings. The molecule has 2 rings (SSSR count). The summed E-state index contributed by atoms with van der Waals surface area (Å²) in [6, 6.07) is 0. The van der Waals surface area contributed by atoms with Crippen LogP contribution in [-0.4, -0.2) is 19.1 Å². The molecule has 0 aliphatic carbocycles. The number of nitrogens with two attached hydrogens (primary N) is 1. The molecule has 0 aromatic carbocycles. The van der Waals surface area contributed by atoms with Gasteiger partial charge in [-0.2, -0.15) is 4.37 Å². The van der Waals surface area contributed by atoms with Crippen molar-refractivity contribution >= 4 is 29.0 Å². The van der Waals surface area contributed by atoms with E-state index in [-0.39, 0.29) is 0 Å². The van der Waals surface area contributed by atoms with Gasteiger partial charge in [0.05, 0.1) is 6.20 Å². The van der Waals surface area contributed by atoms with E-state index in [0.29, 0.717) is 21.8 Å². The highest BCUT2D eigenvalue weighted by Crippen LogP contribution is 2.19. The van der Waals surface area contributed by atoms with Crippen molar-refractivity contribution in [1.29, 1.82) is 0 Å². The van der Waals surface area contributed by atoms with Crippen LogP contribution in [-0.2, 0) is 0 Å². The maximum absolute atomic E-state index is 5.73. The molecule has 13 heavy (non-hydrogen) atoms. The quantitative estimate of drug-likeness (QED) is 0.778. The van der Waals surface area contributed by atoms with Crippen molar-refractivity contribution < 1.29 is 0 Å². The molecule has 0 fully saturated rings. The Balaban J connectivity index is 2.46. The third-order valence-electron chi connectivity index (χ3n) is 1.41. The van der Waals surface area contributed by atoms with Crippen LogP contribution < -0.4 is 5.73 Å². The topological polar surface area (TPSA) is 69.6 Å². The summed E-state index contributed by atoms with van der Waals surface area (Å²) in [7, 11) is 0. The molecular formula is C6H6ClN5S. The maximum atomic E-state index is 5.73. The normalized spacial score (nSPS) is 10.6. The van der Waals surface area contributed by atoms with Crippen molar-refractivity contribution in [3.63, 3.8) is 0 Å². The van der Waals surface area contributed by atoms with E-state index in [2.05, 4.69) is 14.5 Å². The summed E-state index contributed by atoms with van der Waals surface area (Å²) in [5.74, 6) is 1.01. The second-order valence-corrected chi connectivity index (χ2v) is 3.57. The SMILES string of the molecule is Cc1nsc(-n2cc(Cl)c(N)n2)n1. The van der Waals surface area contributed by atoms with Gasteiger partial charge < -0.3 is 5.73 Å². The molecule has 0 bridgehead atoms. The summed E-state index contributed by atoms with van der Waals surface area (Å²) in [6.45, 7) is 1.81. The van der Waals surface area contributed by atoms with Crippen LogP contribution in [0.5, 0.6) is 0 Å². The van der Waals surface area contributed by atoms with Crippen molar-refractivity contribution in [3.05, 3.63) is 17.0 Å². The Kier molecular flexibility index (Phi) is 1.93. The lowest BCUT2D eigenvalue weighted by atomic mass is 10.7. The van der Waals surface area contributed by atoms with Crippen molar-refractivity contribution in [2.75, 3.05) is 5.73 Å². The van der Waals surface area contributed by atoms with E-state index < -0.39 is 0 Å². The molecule has 2 aromatic rings. The zero-order chi connectivity index (χ0) is 9.42. The lowest BCUT2D eigenvalue weighted by molar-refractivity contribution is 0.868. The highest BCUT2D eigenvalue weighted by Gasteiger charge is 2.07. The largest absolute Gasteiger partial charge is 0.381 e. The summed E-state index contributed by atoms with van der Waals surface area (Å²) in [4.78, 5) is 4.13. The molecule has 0 aliphatic heterocycles. The first-order valence-electron chi connectivity index (χ1n) is 3.48. The number of nitrogen functional groups attached to an aromatic ring is 1. The number of aryl methyl sites for hydroxylation is 1. The van der Waals surface area contributed by atoms with E-state index in [0.717, 1.165) is 0 Å². The average Bonchev–Trinajstić information content (AvgIpc) is 2.61. The van der Waals surface area contributed by atoms with Crippen LogP contribution >= 0.6 is 23.1 Å². The van der Waals surface area contributed by atoms with Crippen LogP contribution in [0.3, 0.4) is 0 Å². The Bertz CT molecular complexity index is 414. The lowest BCUT2D eigenvalue weighted by Crippen LogP contribution is -1.95. The van der Waals surface area contributed by atoms with Gasteiger partial charge in [-0.05, 0) is 6.92 Å². The van der Waals surface area contributed by atoms with Crippen LogP contribution in [0.15, 0.2) is 6.20 Å². The number of hydrogen-bond acceptors (Lipinski definition) is 5. The van der Waals surface area contributed by atoms with E-state index in [4.69, 9.17) is 17.3 Å². The lowest BCUT2D eigenvalue weighted by Gasteiger charge is -1.89. The maximum Gasteiger partial charge on any atom is 0.230 e. The predicted molar refractivity (Wildman–Crippen MR) is 51.2 cm³/mol. The zero-order valence-corrected chi connectivity index (χ0v) is 8.30. The van der Waals surface area contributed by atoms with E-state index in [9.17, 15) is 0 Å². The summed E-state index contributed by atoms with van der Waals surface area (Å²) in [6.07, 6.45) is 1.61. The molecule has 0 spiro atoms. The number of nitrogens with zero attached hydrogens (tertiary/aromatic N) is 4. The Morgan fingerprint density at radius 1 is 1.62 bits per heavy atom. The van der Waals surface area contributed by atoms with Gasteiger partial charge in [0.25, 0.3) is 0 Å². The van der Waals surface area contributed by atoms with Crippen LogP contribution in [0.25, 0.3) is 5.13 Å². The number of rotatable bonds is 1. The monoisotopic (exact) mass is 215 g/mol. The van der Waals surface area contributed by atoms with Gasteiger partial charge in [-0.25, -0.2) is 9.67 Å². The van der Waals surface area contributed by atoms with Gasteiger partial charge in [0.1, 0.15) is 10.8 Å². The molecule has 0 radical (unpaired) electrons. The van der Waals surface area contributed by atoms with Crippen molar-refractivity contribution in [2.24, 2.45) is 0 Å². The van der Waals surface area contributed by atoms with Crippen molar-refractivity contribution in [2.45, 2.75) is 6.92 Å². The van der Waals surface area contributed by atoms with Gasteiger partial charge >= 0.3 is 0 Å². The Morgan fingerprint density at radius 3 is 2.85 bits per heavy atom. The molecule has 0 saturated carbocycles. The first kappa shape index (κ1) is 8.46. The van der Waals surface area contributed by atoms with Crippen molar-refractivity contribution in [1.82, 2.24) is 19.1 Å². The van der Waals surface area contributed by atoms with Gasteiger partial charge in [0.15, 0.2) is 5.82 Å². The summed E-state index contributed by atoms with van der Waals surface area (Å²) in [5, 5.41) is 5.05. The number of aromatic nitrogens is 4. The highest BCUT2D eigenvalue weighted by atomic mass is 35.5. The van der Waals surface area contributed by atoms with Gasteiger partial charge in [-0.1, -0.05) is 11.6 Å². The summed E-state index contributed by atoms with van der Waals surface area (Å²) < 4.78 is 5.53. The van der Waals surface area contributed by atoms with Gasteiger partial charge in [0, 0.05) is 11.5 Å². The summed E-state index contributed by atoms with van der Waals surface area (Å²) >= 11 is 6.98. The van der Waals surface area contributed by atoms with E-state index >= 15 is 0 Å². The molecule has 68 valence electrons. The van der Waals surface area contributed by atoms with Crippen LogP contribution in [0, 0.1) is 6.92 Å². The molecule has 0 amide bonds. The second-order valence-electron chi connectivity index (χ2n) is 2.43. The van der Waals surface area contributed by atoms with Gasteiger partial charge in [0.2, 0.25) is 5.13 Å². The van der Waals surface area contributed by atoms with Crippen molar-refractivity contribution in [3.8, 4) is 5.13 Å². The predicted octanol–water partition coefficient (Wildman–Crippen LogP) is 1.27. The average molecular weight is 216 g/mol. The standard InChI is InChI=1S/C6H6ClN5S/c1-3-9-6(13-11-3)12-2-4(7)5(8)10-12/h2H,1H3,(H2,8,10). The second kappa shape index (κ2) is 2.97. The molecule has 5 nitrogen and oxygen atoms in total. The Morgan fingerprint density at radius 2 is 2.38 bits per heavy atom. The Hall–Kier alpha value is -1.14. The van der Waals surface area contributed by atoms with Crippen LogP contribution in [0.4, 0.5) is 5.82 Å². The third kappa shape index (κ3) is 1.50. The minimum atomic E-state index is 0.300. The number of anilines is 1. The number of hydrogen-bond donors (Lipinski definition) is 1. The highest BCUT2D eigenvalue weighted by molar-refractivity contribution is 7.08. The first-order chi connectivity index (χ1) is 6.16. The van der Waals surface area contributed by atoms with E-state index in [1.165, 1.54) is 16.2 Å². The minimum Gasteiger partial charge on any atom is -0.381 e. The molecule has 2 heterocycles. The molecule has 0 saturated heterocycles. The third-order valence-corrected chi connectivity index (χ3v) is 2.50. The molecular weight excluding hydrogens is 210 g/mol. The minimum absolute atomic E-state index is 0.300. The molecule has 7 heteroatoms. The first-order valence-corrected chi connectivity index (χ1v) is 4.63. The zero-order valence-electron chi connectivity index (χ0n) is 6.73. The van der Waals surface area contributed by atoms with E-state index in [1.54, 1.807) is 6.20 Å². The fraction of sp³-hybridized carbons (Fsp3) is 0.167. The molecule has 0 atom stereocenters. The van der Waals surface area contributed by atoms with Crippen LogP contribution in [0.1, 0.15) is 5.82 Å². The summed E-state index contributed by atoms with van der Waals surface area (Å²) in [5.41, 5.74) is 5.48. The smallest absolute Gasteiger partial charge is 0.230 e. The fourth-order valence-corrected chi connectivity index (χ4v) is 1.58. The van der Waals surface area contributed by atoms with Gasteiger partial charge in [-0.3, -0.25) is 0 Å². The fourth-order valence-electron chi connectivity index (χ4n) is 0.843. The molecule has 2 N–H and O–H groups in total. The molecule has 0 unspecified atom stereocenters. The van der Waals surface area contributed by atoms with E-state index in [1.807, 2.05) is 6.92 Å². The number of halogens is 1. The molecule has 2 aromatic heterocycles.